The molecule has 2 nitrogen and oxygen atoms in total. The van der Waals surface area contributed by atoms with Gasteiger partial charge in [-0.2, -0.15) is 0 Å². The van der Waals surface area contributed by atoms with E-state index in [1.807, 2.05) is 6.92 Å². The zero-order chi connectivity index (χ0) is 10.7. The van der Waals surface area contributed by atoms with E-state index in [-0.39, 0.29) is 11.9 Å². The molecule has 0 N–H and O–H groups in total. The highest BCUT2D eigenvalue weighted by molar-refractivity contribution is 5.73. The van der Waals surface area contributed by atoms with Crippen LogP contribution in [0, 0.1) is 17.8 Å². The van der Waals surface area contributed by atoms with E-state index in [1.165, 1.54) is 38.5 Å². The molecule has 3 atom stereocenters. The van der Waals surface area contributed by atoms with Crippen molar-refractivity contribution in [2.45, 2.75) is 51.9 Å². The van der Waals surface area contributed by atoms with Crippen LogP contribution >= 0.6 is 0 Å². The molecule has 0 aromatic carbocycles. The minimum Gasteiger partial charge on any atom is -0.466 e. The highest BCUT2D eigenvalue weighted by Gasteiger charge is 2.39. The highest BCUT2D eigenvalue weighted by atomic mass is 16.5. The third-order valence-corrected chi connectivity index (χ3v) is 4.16. The molecular weight excluding hydrogens is 188 g/mol. The van der Waals surface area contributed by atoms with Crippen LogP contribution in [0.3, 0.4) is 0 Å². The van der Waals surface area contributed by atoms with Crippen LogP contribution in [0.25, 0.3) is 0 Å². The van der Waals surface area contributed by atoms with E-state index in [9.17, 15) is 4.79 Å². The summed E-state index contributed by atoms with van der Waals surface area (Å²) in [6.45, 7) is 2.44. The maximum Gasteiger partial charge on any atom is 0.309 e. The van der Waals surface area contributed by atoms with E-state index < -0.39 is 0 Å². The molecule has 86 valence electrons. The lowest BCUT2D eigenvalue weighted by molar-refractivity contribution is -0.153. The van der Waals surface area contributed by atoms with Crippen LogP contribution in [-0.4, -0.2) is 12.6 Å². The summed E-state index contributed by atoms with van der Waals surface area (Å²) >= 11 is 0. The monoisotopic (exact) mass is 210 g/mol. The molecule has 0 heterocycles. The van der Waals surface area contributed by atoms with Crippen molar-refractivity contribution in [2.75, 3.05) is 6.61 Å². The lowest BCUT2D eigenvalue weighted by Gasteiger charge is -2.40. The van der Waals surface area contributed by atoms with Crippen LogP contribution in [0.15, 0.2) is 0 Å². The molecule has 2 aliphatic rings. The molecule has 2 fully saturated rings. The van der Waals surface area contributed by atoms with Gasteiger partial charge < -0.3 is 4.74 Å². The lowest BCUT2D eigenvalue weighted by atomic mass is 9.65. The summed E-state index contributed by atoms with van der Waals surface area (Å²) in [5.74, 6) is 1.77. The lowest BCUT2D eigenvalue weighted by Crippen LogP contribution is -2.36. The van der Waals surface area contributed by atoms with E-state index in [4.69, 9.17) is 4.74 Å². The van der Waals surface area contributed by atoms with Gasteiger partial charge in [-0.3, -0.25) is 4.79 Å². The van der Waals surface area contributed by atoms with Crippen molar-refractivity contribution < 1.29 is 9.53 Å². The minimum atomic E-state index is 0.0779. The van der Waals surface area contributed by atoms with Crippen LogP contribution in [0.1, 0.15) is 51.9 Å². The summed E-state index contributed by atoms with van der Waals surface area (Å²) in [5, 5.41) is 0. The Morgan fingerprint density at radius 2 is 1.87 bits per heavy atom. The fourth-order valence-corrected chi connectivity index (χ4v) is 3.48. The number of fused-ring (bicyclic) bond motifs is 1. The van der Waals surface area contributed by atoms with E-state index in [0.717, 1.165) is 12.3 Å². The van der Waals surface area contributed by atoms with E-state index in [2.05, 4.69) is 0 Å². The normalized spacial score (nSPS) is 35.7. The van der Waals surface area contributed by atoms with Crippen molar-refractivity contribution in [3.05, 3.63) is 0 Å². The van der Waals surface area contributed by atoms with Gasteiger partial charge in [0.05, 0.1) is 12.5 Å². The first-order valence-corrected chi connectivity index (χ1v) is 6.49. The Morgan fingerprint density at radius 1 is 1.13 bits per heavy atom. The molecule has 0 amide bonds. The first-order chi connectivity index (χ1) is 7.33. The van der Waals surface area contributed by atoms with Crippen molar-refractivity contribution in [1.82, 2.24) is 0 Å². The Hall–Kier alpha value is -0.530. The molecule has 2 saturated carbocycles. The van der Waals surface area contributed by atoms with Gasteiger partial charge in [0.2, 0.25) is 0 Å². The Morgan fingerprint density at radius 3 is 2.67 bits per heavy atom. The van der Waals surface area contributed by atoms with Gasteiger partial charge in [0.15, 0.2) is 0 Å². The molecule has 0 spiro atoms. The Bertz CT molecular complexity index is 223. The van der Waals surface area contributed by atoms with Gasteiger partial charge in [-0.1, -0.05) is 32.1 Å². The van der Waals surface area contributed by atoms with Crippen LogP contribution in [0.2, 0.25) is 0 Å². The number of carbonyl (C=O) groups excluding carboxylic acids is 1. The van der Waals surface area contributed by atoms with E-state index >= 15 is 0 Å². The Kier molecular flexibility index (Phi) is 3.66. The first kappa shape index (κ1) is 11.0. The predicted octanol–water partition coefficient (Wildman–Crippen LogP) is 3.16. The second kappa shape index (κ2) is 5.00. The molecule has 0 aromatic rings. The first-order valence-electron chi connectivity index (χ1n) is 6.49. The van der Waals surface area contributed by atoms with Gasteiger partial charge in [-0.05, 0) is 31.6 Å². The van der Waals surface area contributed by atoms with Gasteiger partial charge >= 0.3 is 5.97 Å². The molecule has 0 aromatic heterocycles. The average Bonchev–Trinajstić information content (AvgIpc) is 2.28. The molecular formula is C13H22O2. The zero-order valence-corrected chi connectivity index (χ0v) is 9.71. The summed E-state index contributed by atoms with van der Waals surface area (Å²) < 4.78 is 5.19. The number of rotatable bonds is 2. The summed E-state index contributed by atoms with van der Waals surface area (Å²) in [6.07, 6.45) is 8.94. The quantitative estimate of drug-likeness (QED) is 0.654. The maximum absolute atomic E-state index is 11.8. The zero-order valence-electron chi connectivity index (χ0n) is 9.71. The van der Waals surface area contributed by atoms with Crippen LogP contribution in [-0.2, 0) is 9.53 Å². The van der Waals surface area contributed by atoms with Gasteiger partial charge in [-0.25, -0.2) is 0 Å². The molecule has 2 heteroatoms. The van der Waals surface area contributed by atoms with Gasteiger partial charge in [-0.15, -0.1) is 0 Å². The molecule has 0 radical (unpaired) electrons. The summed E-state index contributed by atoms with van der Waals surface area (Å²) in [6, 6.07) is 0. The molecule has 0 bridgehead atoms. The number of esters is 1. The second-order valence-electron chi connectivity index (χ2n) is 5.00. The van der Waals surface area contributed by atoms with Crippen LogP contribution < -0.4 is 0 Å². The largest absolute Gasteiger partial charge is 0.466 e. The van der Waals surface area contributed by atoms with E-state index in [1.54, 1.807) is 0 Å². The highest BCUT2D eigenvalue weighted by Crippen LogP contribution is 2.44. The molecule has 2 rings (SSSR count). The average molecular weight is 210 g/mol. The van der Waals surface area contributed by atoms with Crippen molar-refractivity contribution in [3.63, 3.8) is 0 Å². The van der Waals surface area contributed by atoms with Gasteiger partial charge in [0.25, 0.3) is 0 Å². The number of hydrogen-bond acceptors (Lipinski definition) is 2. The molecule has 0 aliphatic heterocycles. The second-order valence-corrected chi connectivity index (χ2v) is 5.00. The van der Waals surface area contributed by atoms with Gasteiger partial charge in [0, 0.05) is 0 Å². The molecule has 3 unspecified atom stereocenters. The fraction of sp³-hybridized carbons (Fsp3) is 0.923. The topological polar surface area (TPSA) is 26.3 Å². The smallest absolute Gasteiger partial charge is 0.309 e. The van der Waals surface area contributed by atoms with Crippen molar-refractivity contribution >= 4 is 5.97 Å². The van der Waals surface area contributed by atoms with Crippen LogP contribution in [0.4, 0.5) is 0 Å². The molecule has 15 heavy (non-hydrogen) atoms. The molecule has 0 saturated heterocycles. The Balaban J connectivity index is 2.00. The third-order valence-electron chi connectivity index (χ3n) is 4.16. The third kappa shape index (κ3) is 2.35. The standard InChI is InChI=1S/C13H22O2/c1-2-15-13(14)12-9-5-7-10-6-3-4-8-11(10)12/h10-12H,2-9H2,1H3. The SMILES string of the molecule is CCOC(=O)C1CCCC2CCCCC21. The minimum absolute atomic E-state index is 0.0779. The van der Waals surface area contributed by atoms with Crippen molar-refractivity contribution in [2.24, 2.45) is 17.8 Å². The maximum atomic E-state index is 11.8. The summed E-state index contributed by atoms with van der Waals surface area (Å²) in [7, 11) is 0. The summed E-state index contributed by atoms with van der Waals surface area (Å²) in [5.41, 5.74) is 0. The summed E-state index contributed by atoms with van der Waals surface area (Å²) in [4.78, 5) is 11.8. The Labute approximate surface area is 92.4 Å². The van der Waals surface area contributed by atoms with E-state index in [0.29, 0.717) is 12.5 Å². The van der Waals surface area contributed by atoms with Crippen molar-refractivity contribution in [1.29, 1.82) is 0 Å². The fourth-order valence-electron chi connectivity index (χ4n) is 3.48. The number of carbonyl (C=O) groups is 1. The molecule has 2 aliphatic carbocycles. The number of hydrogen-bond donors (Lipinski definition) is 0. The van der Waals surface area contributed by atoms with Crippen LogP contribution in [0.5, 0.6) is 0 Å². The number of ether oxygens (including phenoxy) is 1. The van der Waals surface area contributed by atoms with Gasteiger partial charge in [0.1, 0.15) is 0 Å². The van der Waals surface area contributed by atoms with Crippen molar-refractivity contribution in [3.8, 4) is 0 Å². The predicted molar refractivity (Wildman–Crippen MR) is 59.4 cm³/mol.